The summed E-state index contributed by atoms with van der Waals surface area (Å²) in [6.07, 6.45) is 5.60. The fraction of sp³-hybridized carbons (Fsp3) is 0.263. The lowest BCUT2D eigenvalue weighted by atomic mass is 10.1. The summed E-state index contributed by atoms with van der Waals surface area (Å²) in [5.74, 6) is -2.74. The van der Waals surface area contributed by atoms with E-state index >= 15 is 0 Å². The first kappa shape index (κ1) is 21.6. The minimum atomic E-state index is -1.29. The lowest BCUT2D eigenvalue weighted by Gasteiger charge is -2.05. The zero-order valence-electron chi connectivity index (χ0n) is 14.8. The van der Waals surface area contributed by atoms with Crippen LogP contribution in [0.5, 0.6) is 5.75 Å². The fourth-order valence-electron chi connectivity index (χ4n) is 1.99. The van der Waals surface area contributed by atoms with E-state index in [4.69, 9.17) is 20.1 Å². The second-order valence-corrected chi connectivity index (χ2v) is 5.42. The Balaban J connectivity index is 0.000000277. The Morgan fingerprint density at radius 2 is 1.52 bits per heavy atom. The molecule has 0 aliphatic heterocycles. The second-order valence-electron chi connectivity index (χ2n) is 5.42. The largest absolute Gasteiger partial charge is 0.494 e. The molecule has 0 saturated carbocycles. The van der Waals surface area contributed by atoms with Gasteiger partial charge in [-0.3, -0.25) is 4.98 Å². The van der Waals surface area contributed by atoms with E-state index in [9.17, 15) is 14.4 Å². The maximum atomic E-state index is 10.6. The number of aromatic carboxylic acids is 3. The highest BCUT2D eigenvalue weighted by Crippen LogP contribution is 2.12. The molecule has 0 bridgehead atoms. The van der Waals surface area contributed by atoms with Gasteiger partial charge in [-0.15, -0.1) is 0 Å². The number of carboxylic acids is 3. The molecule has 0 atom stereocenters. The molecule has 8 nitrogen and oxygen atoms in total. The topological polar surface area (TPSA) is 134 Å². The van der Waals surface area contributed by atoms with Gasteiger partial charge < -0.3 is 20.1 Å². The Bertz CT molecular complexity index is 739. The molecule has 0 saturated heterocycles. The molecule has 2 rings (SSSR count). The zero-order chi connectivity index (χ0) is 20.2. The van der Waals surface area contributed by atoms with Crippen molar-refractivity contribution in [2.45, 2.75) is 26.2 Å². The van der Waals surface area contributed by atoms with Crippen molar-refractivity contribution in [2.24, 2.45) is 0 Å². The summed E-state index contributed by atoms with van der Waals surface area (Å²) in [6.45, 7) is 2.84. The molecule has 0 aliphatic rings. The van der Waals surface area contributed by atoms with Crippen molar-refractivity contribution < 1.29 is 34.4 Å². The van der Waals surface area contributed by atoms with Crippen molar-refractivity contribution in [1.82, 2.24) is 4.98 Å². The molecule has 0 unspecified atom stereocenters. The van der Waals surface area contributed by atoms with E-state index in [1.54, 1.807) is 24.3 Å². The lowest BCUT2D eigenvalue weighted by molar-refractivity contribution is 0.0651. The van der Waals surface area contributed by atoms with Crippen molar-refractivity contribution in [3.8, 4) is 5.75 Å². The van der Waals surface area contributed by atoms with Gasteiger partial charge in [0.1, 0.15) is 5.75 Å². The standard InChI is InChI=1S/C12H16O3.C7H5NO4/c1-2-3-4-9-15-11-7-5-10(6-8-11)12(13)14;9-6(10)4-1-2-8-3-5(4)7(11)12/h5-8H,2-4,9H2,1H3,(H,13,14);1-3H,(H,9,10)(H,11,12). The van der Waals surface area contributed by atoms with Crippen LogP contribution in [0.1, 0.15) is 57.3 Å². The predicted octanol–water partition coefficient (Wildman–Crippen LogP) is 3.43. The van der Waals surface area contributed by atoms with Crippen LogP contribution in [-0.2, 0) is 0 Å². The highest BCUT2D eigenvalue weighted by atomic mass is 16.5. The maximum absolute atomic E-state index is 10.6. The van der Waals surface area contributed by atoms with Gasteiger partial charge in [0.05, 0.1) is 23.3 Å². The highest BCUT2D eigenvalue weighted by Gasteiger charge is 2.14. The first-order valence-corrected chi connectivity index (χ1v) is 8.23. The Morgan fingerprint density at radius 1 is 0.889 bits per heavy atom. The van der Waals surface area contributed by atoms with E-state index in [0.717, 1.165) is 30.9 Å². The molecule has 0 aliphatic carbocycles. The third kappa shape index (κ3) is 7.55. The van der Waals surface area contributed by atoms with Gasteiger partial charge in [-0.1, -0.05) is 19.8 Å². The first-order valence-electron chi connectivity index (χ1n) is 8.23. The van der Waals surface area contributed by atoms with Crippen molar-refractivity contribution in [1.29, 1.82) is 0 Å². The molecule has 0 fully saturated rings. The Morgan fingerprint density at radius 3 is 2.00 bits per heavy atom. The van der Waals surface area contributed by atoms with Crippen LogP contribution in [0.2, 0.25) is 0 Å². The van der Waals surface area contributed by atoms with Crippen LogP contribution in [0, 0.1) is 0 Å². The number of nitrogens with zero attached hydrogens (tertiary/aromatic N) is 1. The quantitative estimate of drug-likeness (QED) is 0.597. The van der Waals surface area contributed by atoms with Gasteiger partial charge in [-0.2, -0.15) is 0 Å². The summed E-state index contributed by atoms with van der Waals surface area (Å²) < 4.78 is 5.45. The van der Waals surface area contributed by atoms with Gasteiger partial charge in [0.15, 0.2) is 0 Å². The molecule has 0 radical (unpaired) electrons. The molecule has 8 heteroatoms. The summed E-state index contributed by atoms with van der Waals surface area (Å²) in [6, 6.07) is 7.63. The molecule has 3 N–H and O–H groups in total. The van der Waals surface area contributed by atoms with Crippen LogP contribution in [-0.4, -0.2) is 44.8 Å². The third-order valence-corrected chi connectivity index (χ3v) is 3.40. The van der Waals surface area contributed by atoms with Gasteiger partial charge in [0.25, 0.3) is 0 Å². The zero-order valence-corrected chi connectivity index (χ0v) is 14.8. The molecule has 144 valence electrons. The van der Waals surface area contributed by atoms with Crippen LogP contribution >= 0.6 is 0 Å². The molecule has 1 aromatic carbocycles. The lowest BCUT2D eigenvalue weighted by Crippen LogP contribution is -2.07. The van der Waals surface area contributed by atoms with Crippen LogP contribution in [0.15, 0.2) is 42.7 Å². The number of rotatable bonds is 8. The summed E-state index contributed by atoms with van der Waals surface area (Å²) in [4.78, 5) is 34.9. The number of carbonyl (C=O) groups is 3. The molecule has 2 aromatic rings. The number of hydrogen-bond acceptors (Lipinski definition) is 5. The van der Waals surface area contributed by atoms with Crippen LogP contribution in [0.4, 0.5) is 0 Å². The monoisotopic (exact) mass is 375 g/mol. The van der Waals surface area contributed by atoms with Gasteiger partial charge in [-0.05, 0) is 36.8 Å². The molecule has 27 heavy (non-hydrogen) atoms. The second kappa shape index (κ2) is 11.2. The summed E-state index contributed by atoms with van der Waals surface area (Å²) in [5, 5.41) is 25.7. The number of carboxylic acid groups (broad SMARTS) is 3. The molecule has 1 aromatic heterocycles. The van der Waals surface area contributed by atoms with Crippen LogP contribution < -0.4 is 4.74 Å². The van der Waals surface area contributed by atoms with E-state index < -0.39 is 17.9 Å². The smallest absolute Gasteiger partial charge is 0.338 e. The highest BCUT2D eigenvalue weighted by molar-refractivity contribution is 6.01. The van der Waals surface area contributed by atoms with Crippen molar-refractivity contribution in [2.75, 3.05) is 6.61 Å². The normalized spacial score (nSPS) is 9.67. The Hall–Kier alpha value is -3.42. The minimum Gasteiger partial charge on any atom is -0.494 e. The molecular weight excluding hydrogens is 354 g/mol. The van der Waals surface area contributed by atoms with E-state index in [2.05, 4.69) is 11.9 Å². The van der Waals surface area contributed by atoms with E-state index in [0.29, 0.717) is 6.61 Å². The Kier molecular flexibility index (Phi) is 9.01. The molecule has 0 spiro atoms. The number of aromatic nitrogens is 1. The van der Waals surface area contributed by atoms with Gasteiger partial charge >= 0.3 is 17.9 Å². The van der Waals surface area contributed by atoms with E-state index in [1.165, 1.54) is 12.6 Å². The maximum Gasteiger partial charge on any atom is 0.338 e. The average molecular weight is 375 g/mol. The van der Waals surface area contributed by atoms with Gasteiger partial charge in [-0.25, -0.2) is 14.4 Å². The molecule has 1 heterocycles. The van der Waals surface area contributed by atoms with Crippen molar-refractivity contribution >= 4 is 17.9 Å². The molecule has 0 amide bonds. The Labute approximate surface area is 156 Å². The van der Waals surface area contributed by atoms with Crippen LogP contribution in [0.3, 0.4) is 0 Å². The fourth-order valence-corrected chi connectivity index (χ4v) is 1.99. The van der Waals surface area contributed by atoms with Crippen molar-refractivity contribution in [3.05, 3.63) is 59.4 Å². The average Bonchev–Trinajstić information content (AvgIpc) is 2.66. The number of unbranched alkanes of at least 4 members (excludes halogenated alkanes) is 2. The molecular formula is C19H21NO7. The third-order valence-electron chi connectivity index (χ3n) is 3.40. The van der Waals surface area contributed by atoms with E-state index in [-0.39, 0.29) is 16.7 Å². The summed E-state index contributed by atoms with van der Waals surface area (Å²) in [5.41, 5.74) is -0.265. The van der Waals surface area contributed by atoms with Gasteiger partial charge in [0.2, 0.25) is 0 Å². The van der Waals surface area contributed by atoms with Crippen LogP contribution in [0.25, 0.3) is 0 Å². The summed E-state index contributed by atoms with van der Waals surface area (Å²) in [7, 11) is 0. The minimum absolute atomic E-state index is 0.252. The number of pyridine rings is 1. The van der Waals surface area contributed by atoms with Crippen molar-refractivity contribution in [3.63, 3.8) is 0 Å². The first-order chi connectivity index (χ1) is 12.9. The van der Waals surface area contributed by atoms with Gasteiger partial charge in [0, 0.05) is 12.4 Å². The number of benzene rings is 1. The SMILES string of the molecule is CCCCCOc1ccc(C(=O)O)cc1.O=C(O)c1ccncc1C(=O)O. The number of hydrogen-bond donors (Lipinski definition) is 3. The summed E-state index contributed by atoms with van der Waals surface area (Å²) >= 11 is 0. The number of ether oxygens (including phenoxy) is 1. The predicted molar refractivity (Wildman–Crippen MR) is 96.6 cm³/mol. The van der Waals surface area contributed by atoms with E-state index in [1.807, 2.05) is 0 Å².